The second-order valence-corrected chi connectivity index (χ2v) is 4.66. The van der Waals surface area contributed by atoms with Gasteiger partial charge in [0.15, 0.2) is 11.5 Å². The molecule has 1 fully saturated rings. The van der Waals surface area contributed by atoms with E-state index in [0.29, 0.717) is 6.42 Å². The summed E-state index contributed by atoms with van der Waals surface area (Å²) in [4.78, 5) is 0. The zero-order valence-electron chi connectivity index (χ0n) is 9.99. The Hall–Kier alpha value is -1.14. The van der Waals surface area contributed by atoms with Crippen molar-refractivity contribution in [1.82, 2.24) is 0 Å². The zero-order valence-corrected chi connectivity index (χ0v) is 10.7. The van der Waals surface area contributed by atoms with Gasteiger partial charge in [-0.3, -0.25) is 0 Å². The van der Waals surface area contributed by atoms with Crippen molar-refractivity contribution >= 4 is 11.6 Å². The molecule has 19 heavy (non-hydrogen) atoms. The molecule has 0 radical (unpaired) electrons. The highest BCUT2D eigenvalue weighted by atomic mass is 35.5. The summed E-state index contributed by atoms with van der Waals surface area (Å²) in [5.41, 5.74) is 0. The van der Waals surface area contributed by atoms with Gasteiger partial charge in [-0.05, 0) is 12.1 Å². The van der Waals surface area contributed by atoms with E-state index in [1.165, 1.54) is 25.3 Å². The van der Waals surface area contributed by atoms with Gasteiger partial charge in [-0.15, -0.1) is 24.8 Å². The highest BCUT2D eigenvalue weighted by Gasteiger charge is 2.43. The predicted molar refractivity (Wildman–Crippen MR) is 62.6 cm³/mol. The molecule has 0 bridgehead atoms. The molecule has 7 heteroatoms. The molecule has 3 atom stereocenters. The van der Waals surface area contributed by atoms with Gasteiger partial charge in [-0.1, -0.05) is 12.1 Å². The maximum atomic E-state index is 12.2. The van der Waals surface area contributed by atoms with Gasteiger partial charge in [0, 0.05) is 13.5 Å². The molecule has 0 saturated heterocycles. The Balaban J connectivity index is 2.08. The van der Waals surface area contributed by atoms with Crippen LogP contribution in [0.5, 0.6) is 11.5 Å². The molecule has 0 amide bonds. The van der Waals surface area contributed by atoms with Crippen LogP contribution in [0.3, 0.4) is 0 Å². The van der Waals surface area contributed by atoms with Crippen molar-refractivity contribution in [1.29, 1.82) is 0 Å². The van der Waals surface area contributed by atoms with Gasteiger partial charge in [-0.25, -0.2) is 0 Å². The summed E-state index contributed by atoms with van der Waals surface area (Å²) < 4.78 is 51.2. The lowest BCUT2D eigenvalue weighted by molar-refractivity contribution is -0.275. The van der Waals surface area contributed by atoms with Gasteiger partial charge >= 0.3 is 6.36 Å². The minimum absolute atomic E-state index is 0.0236. The van der Waals surface area contributed by atoms with Crippen molar-refractivity contribution in [2.45, 2.75) is 30.4 Å². The molecular formula is C12H12ClF3O3. The lowest BCUT2D eigenvalue weighted by atomic mass is 9.91. The van der Waals surface area contributed by atoms with Crippen LogP contribution in [0.15, 0.2) is 24.3 Å². The maximum absolute atomic E-state index is 12.2. The van der Waals surface area contributed by atoms with Crippen LogP contribution in [-0.4, -0.2) is 31.1 Å². The molecule has 0 aliphatic heterocycles. The summed E-state index contributed by atoms with van der Waals surface area (Å²) in [5, 5.41) is -0.189. The van der Waals surface area contributed by atoms with Crippen LogP contribution >= 0.6 is 11.6 Å². The van der Waals surface area contributed by atoms with Gasteiger partial charge in [0.2, 0.25) is 0 Å². The number of para-hydroxylation sites is 2. The molecule has 1 aliphatic rings. The Morgan fingerprint density at radius 3 is 2.37 bits per heavy atom. The second kappa shape index (κ2) is 5.46. The number of hydrogen-bond donors (Lipinski definition) is 0. The van der Waals surface area contributed by atoms with Gasteiger partial charge in [0.1, 0.15) is 12.2 Å². The first-order chi connectivity index (χ1) is 8.90. The SMILES string of the molecule is COC1C(Cl)CC1Oc1ccccc1OC(F)(F)F. The van der Waals surface area contributed by atoms with Gasteiger partial charge in [0.25, 0.3) is 0 Å². The van der Waals surface area contributed by atoms with Crippen LogP contribution < -0.4 is 9.47 Å². The van der Waals surface area contributed by atoms with E-state index in [4.69, 9.17) is 21.1 Å². The fraction of sp³-hybridized carbons (Fsp3) is 0.500. The molecule has 106 valence electrons. The van der Waals surface area contributed by atoms with Crippen molar-refractivity contribution in [3.8, 4) is 11.5 Å². The van der Waals surface area contributed by atoms with E-state index in [0.717, 1.165) is 0 Å². The van der Waals surface area contributed by atoms with Crippen LogP contribution in [0, 0.1) is 0 Å². The van der Waals surface area contributed by atoms with E-state index in [1.807, 2.05) is 0 Å². The Morgan fingerprint density at radius 1 is 1.21 bits per heavy atom. The maximum Gasteiger partial charge on any atom is 0.573 e. The van der Waals surface area contributed by atoms with Crippen molar-refractivity contribution in [2.24, 2.45) is 0 Å². The van der Waals surface area contributed by atoms with E-state index in [1.54, 1.807) is 6.07 Å². The molecule has 1 saturated carbocycles. The molecule has 2 rings (SSSR count). The van der Waals surface area contributed by atoms with E-state index >= 15 is 0 Å². The molecule has 0 aromatic heterocycles. The lowest BCUT2D eigenvalue weighted by Crippen LogP contribution is -2.52. The van der Waals surface area contributed by atoms with Gasteiger partial charge in [-0.2, -0.15) is 0 Å². The molecular weight excluding hydrogens is 285 g/mol. The monoisotopic (exact) mass is 296 g/mol. The summed E-state index contributed by atoms with van der Waals surface area (Å²) in [5.74, 6) is -0.349. The van der Waals surface area contributed by atoms with E-state index in [-0.39, 0.29) is 29.1 Å². The number of ether oxygens (including phenoxy) is 3. The fourth-order valence-electron chi connectivity index (χ4n) is 1.86. The largest absolute Gasteiger partial charge is 0.573 e. The van der Waals surface area contributed by atoms with Crippen LogP contribution in [0.2, 0.25) is 0 Å². The first-order valence-electron chi connectivity index (χ1n) is 5.59. The van der Waals surface area contributed by atoms with Crippen molar-refractivity contribution in [3.05, 3.63) is 24.3 Å². The van der Waals surface area contributed by atoms with Gasteiger partial charge < -0.3 is 14.2 Å². The van der Waals surface area contributed by atoms with Crippen LogP contribution in [-0.2, 0) is 4.74 Å². The molecule has 1 aromatic rings. The summed E-state index contributed by atoms with van der Waals surface area (Å²) >= 11 is 5.91. The minimum Gasteiger partial charge on any atom is -0.484 e. The highest BCUT2D eigenvalue weighted by Crippen LogP contribution is 2.37. The summed E-state index contributed by atoms with van der Waals surface area (Å²) in [6, 6.07) is 5.61. The van der Waals surface area contributed by atoms with Crippen molar-refractivity contribution < 1.29 is 27.4 Å². The first-order valence-corrected chi connectivity index (χ1v) is 6.02. The Bertz CT molecular complexity index is 438. The number of rotatable bonds is 4. The predicted octanol–water partition coefficient (Wildman–Crippen LogP) is 3.36. The third-order valence-corrected chi connectivity index (χ3v) is 3.23. The molecule has 3 nitrogen and oxygen atoms in total. The second-order valence-electron chi connectivity index (χ2n) is 4.10. The number of benzene rings is 1. The quantitative estimate of drug-likeness (QED) is 0.798. The van der Waals surface area contributed by atoms with E-state index < -0.39 is 6.36 Å². The number of halogens is 4. The topological polar surface area (TPSA) is 27.7 Å². The number of hydrogen-bond acceptors (Lipinski definition) is 3. The number of methoxy groups -OCH3 is 1. The van der Waals surface area contributed by atoms with Crippen LogP contribution in [0.25, 0.3) is 0 Å². The normalized spacial score (nSPS) is 26.7. The Kier molecular flexibility index (Phi) is 4.10. The zero-order chi connectivity index (χ0) is 14.0. The summed E-state index contributed by atoms with van der Waals surface area (Å²) in [6.07, 6.45) is -4.94. The van der Waals surface area contributed by atoms with Crippen molar-refractivity contribution in [2.75, 3.05) is 7.11 Å². The minimum atomic E-state index is -4.76. The van der Waals surface area contributed by atoms with E-state index in [2.05, 4.69) is 4.74 Å². The number of alkyl halides is 4. The summed E-state index contributed by atoms with van der Waals surface area (Å²) in [7, 11) is 1.48. The molecule has 1 aromatic carbocycles. The molecule has 1 aliphatic carbocycles. The molecule has 0 spiro atoms. The van der Waals surface area contributed by atoms with Gasteiger partial charge in [0.05, 0.1) is 5.38 Å². The van der Waals surface area contributed by atoms with Crippen LogP contribution in [0.1, 0.15) is 6.42 Å². The van der Waals surface area contributed by atoms with Crippen LogP contribution in [0.4, 0.5) is 13.2 Å². The molecule has 0 heterocycles. The van der Waals surface area contributed by atoms with Crippen molar-refractivity contribution in [3.63, 3.8) is 0 Å². The standard InChI is InChI=1S/C12H12ClF3O3/c1-17-11-7(13)6-10(11)18-8-4-2-3-5-9(8)19-12(14,15)16/h2-5,7,10-11H,6H2,1H3. The Morgan fingerprint density at radius 2 is 1.84 bits per heavy atom. The Labute approximate surface area is 113 Å². The third-order valence-electron chi connectivity index (χ3n) is 2.81. The molecule has 0 N–H and O–H groups in total. The smallest absolute Gasteiger partial charge is 0.484 e. The average molecular weight is 297 g/mol. The average Bonchev–Trinajstić information content (AvgIpc) is 2.29. The third kappa shape index (κ3) is 3.45. The first kappa shape index (κ1) is 14.3. The molecule has 3 unspecified atom stereocenters. The fourth-order valence-corrected chi connectivity index (χ4v) is 2.30. The lowest BCUT2D eigenvalue weighted by Gasteiger charge is -2.39. The highest BCUT2D eigenvalue weighted by molar-refractivity contribution is 6.21. The summed E-state index contributed by atoms with van der Waals surface area (Å²) in [6.45, 7) is 0. The van der Waals surface area contributed by atoms with E-state index in [9.17, 15) is 13.2 Å².